The Morgan fingerprint density at radius 2 is 1.76 bits per heavy atom. The minimum atomic E-state index is -0.525. The first kappa shape index (κ1) is 16.7. The van der Waals surface area contributed by atoms with E-state index in [2.05, 4.69) is 13.2 Å². The molecule has 0 aliphatic heterocycles. The number of hydrogen-bond acceptors (Lipinski definition) is 5. The third-order valence-electron chi connectivity index (χ3n) is 2.64. The number of aliphatic hydroxyl groups excluding tert-OH is 1. The highest BCUT2D eigenvalue weighted by Gasteiger charge is 2.13. The highest BCUT2D eigenvalue weighted by atomic mass is 16.6. The number of aliphatic hydroxyl groups is 1. The molecule has 21 heavy (non-hydrogen) atoms. The van der Waals surface area contributed by atoms with Gasteiger partial charge in [-0.25, -0.2) is 4.79 Å². The largest absolute Gasteiger partial charge is 0.490 e. The Morgan fingerprint density at radius 1 is 1.14 bits per heavy atom. The molecule has 0 saturated carbocycles. The molecule has 1 aromatic rings. The third-order valence-corrected chi connectivity index (χ3v) is 2.64. The molecule has 1 aromatic carbocycles. The van der Waals surface area contributed by atoms with Gasteiger partial charge >= 0.3 is 5.97 Å². The fourth-order valence-corrected chi connectivity index (χ4v) is 1.65. The summed E-state index contributed by atoms with van der Waals surface area (Å²) in [7, 11) is 0. The van der Waals surface area contributed by atoms with E-state index in [1.807, 2.05) is 0 Å². The summed E-state index contributed by atoms with van der Waals surface area (Å²) in [5.74, 6) is -0.398. The number of benzene rings is 1. The van der Waals surface area contributed by atoms with Crippen molar-refractivity contribution in [2.75, 3.05) is 19.8 Å². The van der Waals surface area contributed by atoms with Gasteiger partial charge in [0.25, 0.3) is 0 Å². The van der Waals surface area contributed by atoms with Gasteiger partial charge in [0.2, 0.25) is 0 Å². The molecular weight excluding hydrogens is 272 g/mol. The van der Waals surface area contributed by atoms with Crippen LogP contribution in [0.15, 0.2) is 43.5 Å². The fraction of sp³-hybridized carbons (Fsp3) is 0.250. The van der Waals surface area contributed by atoms with Crippen LogP contribution in [0.4, 0.5) is 0 Å². The summed E-state index contributed by atoms with van der Waals surface area (Å²) in [4.78, 5) is 22.7. The van der Waals surface area contributed by atoms with E-state index >= 15 is 0 Å². The van der Waals surface area contributed by atoms with E-state index in [-0.39, 0.29) is 32.0 Å². The Labute approximate surface area is 123 Å². The van der Waals surface area contributed by atoms with Crippen LogP contribution in [0.3, 0.4) is 0 Å². The average Bonchev–Trinajstić information content (AvgIpc) is 2.51. The van der Waals surface area contributed by atoms with E-state index < -0.39 is 5.97 Å². The van der Waals surface area contributed by atoms with Gasteiger partial charge in [-0.05, 0) is 0 Å². The lowest BCUT2D eigenvalue weighted by molar-refractivity contribution is -0.138. The highest BCUT2D eigenvalue weighted by molar-refractivity contribution is 6.00. The SMILES string of the molecule is C=CC(=O)OCCOC(=C)c1ccccc1C(=O)CCO. The van der Waals surface area contributed by atoms with Crippen LogP contribution >= 0.6 is 0 Å². The van der Waals surface area contributed by atoms with E-state index in [0.29, 0.717) is 16.9 Å². The summed E-state index contributed by atoms with van der Waals surface area (Å²) in [6.45, 7) is 7.03. The van der Waals surface area contributed by atoms with E-state index in [1.54, 1.807) is 24.3 Å². The predicted octanol–water partition coefficient (Wildman–Crippen LogP) is 1.97. The molecule has 5 nitrogen and oxygen atoms in total. The maximum Gasteiger partial charge on any atom is 0.330 e. The Morgan fingerprint density at radius 3 is 2.38 bits per heavy atom. The minimum Gasteiger partial charge on any atom is -0.490 e. The molecule has 0 aliphatic carbocycles. The molecule has 5 heteroatoms. The molecule has 112 valence electrons. The lowest BCUT2D eigenvalue weighted by atomic mass is 10.0. The van der Waals surface area contributed by atoms with Gasteiger partial charge in [0.05, 0.1) is 6.61 Å². The van der Waals surface area contributed by atoms with Gasteiger partial charge in [0.1, 0.15) is 19.0 Å². The van der Waals surface area contributed by atoms with Crippen LogP contribution in [0.5, 0.6) is 0 Å². The summed E-state index contributed by atoms with van der Waals surface area (Å²) < 4.78 is 10.1. The third kappa shape index (κ3) is 5.24. The number of carbonyl (C=O) groups is 2. The number of Topliss-reactive ketones (excluding diaryl/α,β-unsaturated/α-hetero) is 1. The molecule has 0 radical (unpaired) electrons. The molecule has 0 heterocycles. The molecule has 0 saturated heterocycles. The number of ketones is 1. The van der Waals surface area contributed by atoms with Crippen molar-refractivity contribution in [2.24, 2.45) is 0 Å². The molecule has 0 unspecified atom stereocenters. The minimum absolute atomic E-state index is 0.0429. The Balaban J connectivity index is 2.63. The van der Waals surface area contributed by atoms with Crippen molar-refractivity contribution in [3.05, 3.63) is 54.6 Å². The van der Waals surface area contributed by atoms with E-state index in [0.717, 1.165) is 6.08 Å². The first-order valence-electron chi connectivity index (χ1n) is 6.44. The standard InChI is InChI=1S/C16H18O5/c1-3-16(19)21-11-10-20-12(2)13-6-4-5-7-14(13)15(18)8-9-17/h3-7,17H,1-2,8-11H2. The molecular formula is C16H18O5. The van der Waals surface area contributed by atoms with E-state index in [4.69, 9.17) is 14.6 Å². The zero-order valence-electron chi connectivity index (χ0n) is 11.7. The number of carbonyl (C=O) groups excluding carboxylic acids is 2. The first-order chi connectivity index (χ1) is 10.1. The van der Waals surface area contributed by atoms with E-state index in [9.17, 15) is 9.59 Å². The van der Waals surface area contributed by atoms with Crippen molar-refractivity contribution in [3.8, 4) is 0 Å². The van der Waals surface area contributed by atoms with Crippen LogP contribution < -0.4 is 0 Å². The number of esters is 1. The molecule has 0 atom stereocenters. The van der Waals surface area contributed by atoms with Gasteiger partial charge in [-0.3, -0.25) is 4.79 Å². The molecule has 0 amide bonds. The van der Waals surface area contributed by atoms with Crippen LogP contribution in [0.1, 0.15) is 22.3 Å². The van der Waals surface area contributed by atoms with Crippen molar-refractivity contribution >= 4 is 17.5 Å². The second-order valence-corrected chi connectivity index (χ2v) is 4.09. The number of ether oxygens (including phenoxy) is 2. The summed E-state index contributed by atoms with van der Waals surface area (Å²) in [5, 5.41) is 8.85. The predicted molar refractivity (Wildman–Crippen MR) is 78.6 cm³/mol. The maximum absolute atomic E-state index is 11.9. The molecule has 1 N–H and O–H groups in total. The molecule has 0 aliphatic rings. The Bertz CT molecular complexity index is 533. The Kier molecular flexibility index (Phi) is 6.91. The van der Waals surface area contributed by atoms with Gasteiger partial charge in [0.15, 0.2) is 5.78 Å². The maximum atomic E-state index is 11.9. The molecule has 0 aromatic heterocycles. The van der Waals surface area contributed by atoms with Gasteiger partial charge in [-0.15, -0.1) is 0 Å². The Hall–Kier alpha value is -2.40. The fourth-order valence-electron chi connectivity index (χ4n) is 1.65. The zero-order chi connectivity index (χ0) is 15.7. The monoisotopic (exact) mass is 290 g/mol. The molecule has 1 rings (SSSR count). The van der Waals surface area contributed by atoms with Gasteiger partial charge < -0.3 is 14.6 Å². The topological polar surface area (TPSA) is 72.8 Å². The number of hydrogen-bond donors (Lipinski definition) is 1. The summed E-state index contributed by atoms with van der Waals surface area (Å²) in [6, 6.07) is 6.85. The normalized spacial score (nSPS) is 9.76. The highest BCUT2D eigenvalue weighted by Crippen LogP contribution is 2.20. The quantitative estimate of drug-likeness (QED) is 0.247. The van der Waals surface area contributed by atoms with Crippen molar-refractivity contribution in [1.29, 1.82) is 0 Å². The van der Waals surface area contributed by atoms with Crippen LogP contribution in [-0.2, 0) is 14.3 Å². The number of rotatable bonds is 9. The lowest BCUT2D eigenvalue weighted by Crippen LogP contribution is -2.10. The van der Waals surface area contributed by atoms with E-state index in [1.165, 1.54) is 0 Å². The van der Waals surface area contributed by atoms with Gasteiger partial charge in [-0.2, -0.15) is 0 Å². The summed E-state index contributed by atoms with van der Waals surface area (Å²) in [5.41, 5.74) is 1.01. The second-order valence-electron chi connectivity index (χ2n) is 4.09. The zero-order valence-corrected chi connectivity index (χ0v) is 11.7. The first-order valence-corrected chi connectivity index (χ1v) is 6.44. The molecule has 0 bridgehead atoms. The second kappa shape index (κ2) is 8.71. The lowest BCUT2D eigenvalue weighted by Gasteiger charge is -2.12. The summed E-state index contributed by atoms with van der Waals surface area (Å²) in [6.07, 6.45) is 1.11. The van der Waals surface area contributed by atoms with Crippen molar-refractivity contribution < 1.29 is 24.2 Å². The smallest absolute Gasteiger partial charge is 0.330 e. The van der Waals surface area contributed by atoms with Crippen molar-refractivity contribution in [1.82, 2.24) is 0 Å². The van der Waals surface area contributed by atoms with Crippen LogP contribution in [0.2, 0.25) is 0 Å². The van der Waals surface area contributed by atoms with Crippen molar-refractivity contribution in [2.45, 2.75) is 6.42 Å². The molecule has 0 fully saturated rings. The van der Waals surface area contributed by atoms with Crippen molar-refractivity contribution in [3.63, 3.8) is 0 Å². The van der Waals surface area contributed by atoms with Gasteiger partial charge in [-0.1, -0.05) is 37.4 Å². The van der Waals surface area contributed by atoms with Crippen LogP contribution in [0, 0.1) is 0 Å². The van der Waals surface area contributed by atoms with Crippen LogP contribution in [-0.4, -0.2) is 36.7 Å². The molecule has 0 spiro atoms. The average molecular weight is 290 g/mol. The van der Waals surface area contributed by atoms with Gasteiger partial charge in [0, 0.05) is 23.6 Å². The van der Waals surface area contributed by atoms with Crippen LogP contribution in [0.25, 0.3) is 5.76 Å². The summed E-state index contributed by atoms with van der Waals surface area (Å²) >= 11 is 0.